The number of rotatable bonds is 4. The fourth-order valence-electron chi connectivity index (χ4n) is 4.50. The van der Waals surface area contributed by atoms with Gasteiger partial charge in [0.25, 0.3) is 0 Å². The van der Waals surface area contributed by atoms with Crippen LogP contribution in [0.15, 0.2) is 0 Å². The van der Waals surface area contributed by atoms with Crippen LogP contribution < -0.4 is 5.32 Å². The van der Waals surface area contributed by atoms with Crippen molar-refractivity contribution in [3.63, 3.8) is 0 Å². The van der Waals surface area contributed by atoms with Gasteiger partial charge >= 0.3 is 17.8 Å². The highest BCUT2D eigenvalue weighted by Crippen LogP contribution is 2.31. The van der Waals surface area contributed by atoms with Crippen molar-refractivity contribution in [1.29, 1.82) is 5.26 Å². The first-order valence-electron chi connectivity index (χ1n) is 9.80. The molecule has 0 aromatic carbocycles. The molecule has 2 atom stereocenters. The summed E-state index contributed by atoms with van der Waals surface area (Å²) < 4.78 is 0. The molecule has 1 heterocycles. The molecule has 0 aromatic heterocycles. The van der Waals surface area contributed by atoms with Gasteiger partial charge in [0.15, 0.2) is 0 Å². The van der Waals surface area contributed by atoms with Gasteiger partial charge in [-0.15, -0.1) is 0 Å². The SMILES string of the molecule is C[C@@H]1CCCC[C@@H]1N1C(=O)C(=O)N(CC(=O)NC2(C#N)CCCCC2)C1=O. The number of nitriles is 1. The Kier molecular flexibility index (Phi) is 5.49. The number of hydrogen-bond acceptors (Lipinski definition) is 5. The zero-order chi connectivity index (χ0) is 19.6. The molecule has 8 nitrogen and oxygen atoms in total. The first kappa shape index (κ1) is 19.3. The fraction of sp³-hybridized carbons (Fsp3) is 0.737. The molecule has 0 aromatic rings. The van der Waals surface area contributed by atoms with Gasteiger partial charge in [-0.05, 0) is 31.6 Å². The summed E-state index contributed by atoms with van der Waals surface area (Å²) in [7, 11) is 0. The van der Waals surface area contributed by atoms with Crippen LogP contribution in [0.4, 0.5) is 4.79 Å². The Morgan fingerprint density at radius 3 is 2.41 bits per heavy atom. The minimum Gasteiger partial charge on any atom is -0.336 e. The van der Waals surface area contributed by atoms with Gasteiger partial charge in [-0.3, -0.25) is 19.3 Å². The van der Waals surface area contributed by atoms with Crippen molar-refractivity contribution in [2.24, 2.45) is 5.92 Å². The van der Waals surface area contributed by atoms with Crippen molar-refractivity contribution in [3.05, 3.63) is 0 Å². The molecule has 1 N–H and O–H groups in total. The predicted octanol–water partition coefficient (Wildman–Crippen LogP) is 1.70. The monoisotopic (exact) mass is 374 g/mol. The van der Waals surface area contributed by atoms with Crippen LogP contribution in [0.3, 0.4) is 0 Å². The second-order valence-corrected chi connectivity index (χ2v) is 7.98. The summed E-state index contributed by atoms with van der Waals surface area (Å²) in [6, 6.07) is 1.17. The number of urea groups is 1. The predicted molar refractivity (Wildman–Crippen MR) is 94.9 cm³/mol. The first-order chi connectivity index (χ1) is 12.9. The maximum absolute atomic E-state index is 12.7. The van der Waals surface area contributed by atoms with Crippen LogP contribution in [0.1, 0.15) is 64.7 Å². The summed E-state index contributed by atoms with van der Waals surface area (Å²) in [5, 5.41) is 12.2. The van der Waals surface area contributed by atoms with Crippen molar-refractivity contribution in [2.45, 2.75) is 76.3 Å². The molecule has 3 aliphatic rings. The number of hydrogen-bond donors (Lipinski definition) is 1. The largest absolute Gasteiger partial charge is 0.336 e. The second kappa shape index (κ2) is 7.67. The van der Waals surface area contributed by atoms with Crippen LogP contribution in [-0.4, -0.2) is 51.7 Å². The minimum absolute atomic E-state index is 0.136. The smallest absolute Gasteiger partial charge is 0.334 e. The Bertz CT molecular complexity index is 692. The van der Waals surface area contributed by atoms with E-state index >= 15 is 0 Å². The molecule has 146 valence electrons. The highest BCUT2D eigenvalue weighted by molar-refractivity contribution is 6.45. The van der Waals surface area contributed by atoms with E-state index in [1.54, 1.807) is 0 Å². The second-order valence-electron chi connectivity index (χ2n) is 7.98. The summed E-state index contributed by atoms with van der Waals surface area (Å²) in [5.41, 5.74) is -0.942. The minimum atomic E-state index is -0.956. The Hall–Kier alpha value is -2.43. The fourth-order valence-corrected chi connectivity index (χ4v) is 4.50. The third-order valence-electron chi connectivity index (χ3n) is 6.08. The van der Waals surface area contributed by atoms with E-state index in [1.807, 2.05) is 6.92 Å². The maximum Gasteiger partial charge on any atom is 0.334 e. The lowest BCUT2D eigenvalue weighted by Crippen LogP contribution is -2.52. The van der Waals surface area contributed by atoms with Crippen molar-refractivity contribution < 1.29 is 19.2 Å². The van der Waals surface area contributed by atoms with Crippen LogP contribution in [0, 0.1) is 17.2 Å². The van der Waals surface area contributed by atoms with Gasteiger partial charge in [0, 0.05) is 6.04 Å². The molecular weight excluding hydrogens is 348 g/mol. The van der Waals surface area contributed by atoms with Crippen molar-refractivity contribution >= 4 is 23.8 Å². The standard InChI is InChI=1S/C19H26N4O4/c1-13-7-3-4-8-14(13)23-17(26)16(25)22(18(23)27)11-15(24)21-19(12-20)9-5-2-6-10-19/h13-14H,2-11H2,1H3,(H,21,24)/t13-,14+/m1/s1. The Labute approximate surface area is 158 Å². The Balaban J connectivity index is 1.68. The lowest BCUT2D eigenvalue weighted by molar-refractivity contribution is -0.145. The number of carbonyl (C=O) groups excluding carboxylic acids is 4. The van der Waals surface area contributed by atoms with E-state index in [0.29, 0.717) is 24.2 Å². The summed E-state index contributed by atoms with van der Waals surface area (Å²) in [6.45, 7) is 1.45. The van der Waals surface area contributed by atoms with Crippen molar-refractivity contribution in [3.8, 4) is 6.07 Å². The van der Waals surface area contributed by atoms with Crippen LogP contribution in [0.25, 0.3) is 0 Å². The molecule has 27 heavy (non-hydrogen) atoms. The van der Waals surface area contributed by atoms with Gasteiger partial charge in [0.1, 0.15) is 12.1 Å². The molecular formula is C19H26N4O4. The molecule has 1 aliphatic heterocycles. The molecule has 2 saturated carbocycles. The quantitative estimate of drug-likeness (QED) is 0.595. The molecule has 3 rings (SSSR count). The molecule has 2 aliphatic carbocycles. The highest BCUT2D eigenvalue weighted by atomic mass is 16.2. The third-order valence-corrected chi connectivity index (χ3v) is 6.08. The summed E-state index contributed by atoms with van der Waals surface area (Å²) in [4.78, 5) is 51.6. The van der Waals surface area contributed by atoms with Crippen molar-refractivity contribution in [1.82, 2.24) is 15.1 Å². The Morgan fingerprint density at radius 2 is 1.78 bits per heavy atom. The molecule has 0 unspecified atom stereocenters. The number of carbonyl (C=O) groups is 4. The van der Waals surface area contributed by atoms with Gasteiger partial charge in [0.05, 0.1) is 6.07 Å². The van der Waals surface area contributed by atoms with Crippen LogP contribution in [0.5, 0.6) is 0 Å². The number of imide groups is 2. The van der Waals surface area contributed by atoms with E-state index in [-0.39, 0.29) is 12.0 Å². The zero-order valence-corrected chi connectivity index (χ0v) is 15.7. The molecule has 0 spiro atoms. The molecule has 3 fully saturated rings. The lowest BCUT2D eigenvalue weighted by Gasteiger charge is -2.34. The molecule has 0 bridgehead atoms. The van der Waals surface area contributed by atoms with Gasteiger partial charge in [0.2, 0.25) is 5.91 Å². The topological polar surface area (TPSA) is 111 Å². The van der Waals surface area contributed by atoms with Crippen LogP contribution in [0.2, 0.25) is 0 Å². The van der Waals surface area contributed by atoms with Gasteiger partial charge < -0.3 is 5.32 Å². The lowest BCUT2D eigenvalue weighted by atomic mass is 9.83. The van der Waals surface area contributed by atoms with Crippen molar-refractivity contribution in [2.75, 3.05) is 6.54 Å². The average molecular weight is 374 g/mol. The van der Waals surface area contributed by atoms with E-state index in [1.165, 1.54) is 0 Å². The third kappa shape index (κ3) is 3.68. The van der Waals surface area contributed by atoms with E-state index in [0.717, 1.165) is 43.4 Å². The van der Waals surface area contributed by atoms with E-state index in [2.05, 4.69) is 11.4 Å². The van der Waals surface area contributed by atoms with E-state index in [4.69, 9.17) is 0 Å². The summed E-state index contributed by atoms with van der Waals surface area (Å²) >= 11 is 0. The molecule has 0 radical (unpaired) electrons. The number of nitrogens with one attached hydrogen (secondary N) is 1. The van der Waals surface area contributed by atoms with Crippen LogP contribution >= 0.6 is 0 Å². The highest BCUT2D eigenvalue weighted by Gasteiger charge is 2.50. The van der Waals surface area contributed by atoms with Crippen LogP contribution in [-0.2, 0) is 14.4 Å². The summed E-state index contributed by atoms with van der Waals surface area (Å²) in [5.74, 6) is -2.24. The maximum atomic E-state index is 12.7. The number of amides is 5. The average Bonchev–Trinajstić information content (AvgIpc) is 2.86. The normalized spacial score (nSPS) is 28.2. The summed E-state index contributed by atoms with van der Waals surface area (Å²) in [6.07, 6.45) is 7.37. The van der Waals surface area contributed by atoms with Gasteiger partial charge in [-0.1, -0.05) is 39.0 Å². The van der Waals surface area contributed by atoms with Gasteiger partial charge in [-0.25, -0.2) is 9.69 Å². The molecule has 8 heteroatoms. The zero-order valence-electron chi connectivity index (χ0n) is 15.7. The molecule has 5 amide bonds. The molecule has 1 saturated heterocycles. The van der Waals surface area contributed by atoms with E-state index in [9.17, 15) is 24.4 Å². The van der Waals surface area contributed by atoms with E-state index < -0.39 is 35.8 Å². The number of nitrogens with zero attached hydrogens (tertiary/aromatic N) is 3. The Morgan fingerprint density at radius 1 is 1.11 bits per heavy atom. The first-order valence-corrected chi connectivity index (χ1v) is 9.80. The van der Waals surface area contributed by atoms with Gasteiger partial charge in [-0.2, -0.15) is 5.26 Å².